The Kier molecular flexibility index (Phi) is 6.87. The molecule has 0 aliphatic rings. The molecule has 7 nitrogen and oxygen atoms in total. The molecule has 27 heavy (non-hydrogen) atoms. The van der Waals surface area contributed by atoms with Crippen molar-refractivity contribution in [1.82, 2.24) is 5.32 Å². The first kappa shape index (κ1) is 19.9. The number of anilines is 1. The Balaban J connectivity index is 1.79. The van der Waals surface area contributed by atoms with Crippen LogP contribution in [0.25, 0.3) is 0 Å². The molecule has 0 heterocycles. The van der Waals surface area contributed by atoms with Crippen LogP contribution in [0.4, 0.5) is 10.1 Å². The van der Waals surface area contributed by atoms with Crippen LogP contribution in [0, 0.1) is 12.7 Å². The van der Waals surface area contributed by atoms with Gasteiger partial charge in [0.2, 0.25) is 0 Å². The van der Waals surface area contributed by atoms with Crippen LogP contribution in [0.2, 0.25) is 0 Å². The molecule has 0 saturated heterocycles. The first-order valence-electron chi connectivity index (χ1n) is 8.03. The Labute approximate surface area is 155 Å². The first-order valence-corrected chi connectivity index (χ1v) is 8.03. The number of carbonyl (C=O) groups is 3. The van der Waals surface area contributed by atoms with Gasteiger partial charge in [-0.2, -0.15) is 0 Å². The second-order valence-corrected chi connectivity index (χ2v) is 5.61. The second kappa shape index (κ2) is 9.33. The maximum Gasteiger partial charge on any atom is 0.325 e. The molecule has 2 amide bonds. The molecular weight excluding hydrogens is 355 g/mol. The van der Waals surface area contributed by atoms with E-state index in [9.17, 15) is 18.8 Å². The van der Waals surface area contributed by atoms with E-state index in [4.69, 9.17) is 9.47 Å². The van der Waals surface area contributed by atoms with Crippen molar-refractivity contribution in [3.63, 3.8) is 0 Å². The Bertz CT molecular complexity index is 854. The fourth-order valence-corrected chi connectivity index (χ4v) is 2.19. The molecule has 0 aliphatic carbocycles. The summed E-state index contributed by atoms with van der Waals surface area (Å²) < 4.78 is 23.0. The number of hydrogen-bond donors (Lipinski definition) is 2. The van der Waals surface area contributed by atoms with Gasteiger partial charge >= 0.3 is 5.97 Å². The third kappa shape index (κ3) is 6.10. The number of amides is 2. The highest BCUT2D eigenvalue weighted by molar-refractivity contribution is 5.97. The molecule has 142 valence electrons. The highest BCUT2D eigenvalue weighted by Crippen LogP contribution is 2.24. The summed E-state index contributed by atoms with van der Waals surface area (Å²) in [5.41, 5.74) is 1.45. The van der Waals surface area contributed by atoms with Gasteiger partial charge in [0.25, 0.3) is 11.8 Å². The normalized spacial score (nSPS) is 10.0. The summed E-state index contributed by atoms with van der Waals surface area (Å²) >= 11 is 0. The van der Waals surface area contributed by atoms with Gasteiger partial charge in [0.1, 0.15) is 18.1 Å². The summed E-state index contributed by atoms with van der Waals surface area (Å²) in [5.74, 6) is -2.06. The first-order chi connectivity index (χ1) is 12.9. The summed E-state index contributed by atoms with van der Waals surface area (Å²) in [6.07, 6.45) is 0. The Morgan fingerprint density at radius 2 is 1.89 bits per heavy atom. The van der Waals surface area contributed by atoms with Crippen molar-refractivity contribution < 1.29 is 28.2 Å². The van der Waals surface area contributed by atoms with Gasteiger partial charge in [0.05, 0.1) is 12.8 Å². The van der Waals surface area contributed by atoms with Crippen LogP contribution < -0.4 is 15.4 Å². The van der Waals surface area contributed by atoms with Crippen LogP contribution in [-0.2, 0) is 14.3 Å². The van der Waals surface area contributed by atoms with Crippen molar-refractivity contribution in [2.24, 2.45) is 0 Å². The lowest BCUT2D eigenvalue weighted by atomic mass is 10.2. The van der Waals surface area contributed by atoms with E-state index in [-0.39, 0.29) is 5.56 Å². The lowest BCUT2D eigenvalue weighted by molar-refractivity contribution is -0.146. The minimum atomic E-state index is -0.800. The van der Waals surface area contributed by atoms with Crippen LogP contribution >= 0.6 is 0 Å². The van der Waals surface area contributed by atoms with Crippen LogP contribution in [0.3, 0.4) is 0 Å². The predicted molar refractivity (Wildman–Crippen MR) is 96.1 cm³/mol. The topological polar surface area (TPSA) is 93.7 Å². The van der Waals surface area contributed by atoms with E-state index >= 15 is 0 Å². The third-order valence-electron chi connectivity index (χ3n) is 3.47. The van der Waals surface area contributed by atoms with Crippen molar-refractivity contribution in [3.8, 4) is 5.75 Å². The molecule has 0 fully saturated rings. The maximum atomic E-state index is 13.1. The third-order valence-corrected chi connectivity index (χ3v) is 3.47. The van der Waals surface area contributed by atoms with Crippen molar-refractivity contribution >= 4 is 23.5 Å². The van der Waals surface area contributed by atoms with Crippen LogP contribution in [-0.4, -0.2) is 38.0 Å². The predicted octanol–water partition coefficient (Wildman–Crippen LogP) is 2.05. The summed E-state index contributed by atoms with van der Waals surface area (Å²) in [4.78, 5) is 35.4. The number of methoxy groups -OCH3 is 1. The van der Waals surface area contributed by atoms with Gasteiger partial charge in [-0.1, -0.05) is 12.1 Å². The Morgan fingerprint density at radius 1 is 1.11 bits per heavy atom. The molecule has 0 aromatic heterocycles. The Morgan fingerprint density at radius 3 is 2.59 bits per heavy atom. The van der Waals surface area contributed by atoms with Crippen molar-refractivity contribution in [2.75, 3.05) is 25.6 Å². The number of esters is 1. The van der Waals surface area contributed by atoms with Crippen molar-refractivity contribution in [2.45, 2.75) is 6.92 Å². The van der Waals surface area contributed by atoms with E-state index in [1.165, 1.54) is 25.3 Å². The molecule has 0 saturated carbocycles. The second-order valence-electron chi connectivity index (χ2n) is 5.61. The minimum Gasteiger partial charge on any atom is -0.495 e. The molecule has 0 radical (unpaired) electrons. The molecule has 0 aliphatic heterocycles. The molecule has 0 unspecified atom stereocenters. The van der Waals surface area contributed by atoms with E-state index in [1.54, 1.807) is 12.1 Å². The van der Waals surface area contributed by atoms with E-state index < -0.39 is 36.8 Å². The van der Waals surface area contributed by atoms with E-state index in [0.29, 0.717) is 11.4 Å². The van der Waals surface area contributed by atoms with Crippen LogP contribution in [0.15, 0.2) is 42.5 Å². The van der Waals surface area contributed by atoms with Crippen molar-refractivity contribution in [3.05, 3.63) is 59.4 Å². The van der Waals surface area contributed by atoms with Gasteiger partial charge in [-0.05, 0) is 42.8 Å². The molecular formula is C19H19FN2O5. The number of aryl methyl sites for hydroxylation is 1. The molecule has 2 rings (SSSR count). The van der Waals surface area contributed by atoms with Gasteiger partial charge in [0, 0.05) is 5.56 Å². The van der Waals surface area contributed by atoms with Gasteiger partial charge < -0.3 is 20.1 Å². The van der Waals surface area contributed by atoms with Crippen LogP contribution in [0.1, 0.15) is 15.9 Å². The molecule has 2 N–H and O–H groups in total. The van der Waals surface area contributed by atoms with Gasteiger partial charge in [-0.25, -0.2) is 4.39 Å². The van der Waals surface area contributed by atoms with E-state index in [1.807, 2.05) is 13.0 Å². The standard InChI is InChI=1S/C19H19FN2O5/c1-12-6-7-16(26-2)15(8-12)22-17(23)11-27-18(24)10-21-19(25)13-4-3-5-14(20)9-13/h3-9H,10-11H2,1-2H3,(H,21,25)(H,22,23). The number of nitrogens with one attached hydrogen (secondary N) is 2. The van der Waals surface area contributed by atoms with Gasteiger partial charge in [-0.15, -0.1) is 0 Å². The number of hydrogen-bond acceptors (Lipinski definition) is 5. The minimum absolute atomic E-state index is 0.0760. The Hall–Kier alpha value is -3.42. The van der Waals surface area contributed by atoms with Gasteiger partial charge in [-0.3, -0.25) is 14.4 Å². The monoisotopic (exact) mass is 374 g/mol. The van der Waals surface area contributed by atoms with E-state index in [2.05, 4.69) is 10.6 Å². The highest BCUT2D eigenvalue weighted by atomic mass is 19.1. The summed E-state index contributed by atoms with van der Waals surface area (Å²) in [7, 11) is 1.47. The number of carbonyl (C=O) groups excluding carboxylic acids is 3. The van der Waals surface area contributed by atoms with Gasteiger partial charge in [0.15, 0.2) is 6.61 Å². The van der Waals surface area contributed by atoms with Crippen molar-refractivity contribution in [1.29, 1.82) is 0 Å². The number of halogens is 1. The van der Waals surface area contributed by atoms with Crippen LogP contribution in [0.5, 0.6) is 5.75 Å². The lowest BCUT2D eigenvalue weighted by Crippen LogP contribution is -2.32. The summed E-state index contributed by atoms with van der Waals surface area (Å²) in [6, 6.07) is 10.3. The van der Waals surface area contributed by atoms with E-state index in [0.717, 1.165) is 11.6 Å². The molecule has 8 heteroatoms. The lowest BCUT2D eigenvalue weighted by Gasteiger charge is -2.11. The SMILES string of the molecule is COc1ccc(C)cc1NC(=O)COC(=O)CNC(=O)c1cccc(F)c1. The highest BCUT2D eigenvalue weighted by Gasteiger charge is 2.13. The fraction of sp³-hybridized carbons (Fsp3) is 0.211. The quantitative estimate of drug-likeness (QED) is 0.724. The number of rotatable bonds is 7. The largest absolute Gasteiger partial charge is 0.495 e. The molecule has 0 spiro atoms. The molecule has 2 aromatic rings. The summed E-state index contributed by atoms with van der Waals surface area (Å²) in [5, 5.41) is 4.88. The molecule has 0 atom stereocenters. The zero-order valence-corrected chi connectivity index (χ0v) is 14.9. The smallest absolute Gasteiger partial charge is 0.325 e. The number of benzene rings is 2. The zero-order valence-electron chi connectivity index (χ0n) is 14.9. The molecule has 2 aromatic carbocycles. The maximum absolute atomic E-state index is 13.1. The zero-order chi connectivity index (χ0) is 19.8. The average Bonchev–Trinajstić information content (AvgIpc) is 2.64. The average molecular weight is 374 g/mol. The fourth-order valence-electron chi connectivity index (χ4n) is 2.19. The number of ether oxygens (including phenoxy) is 2. The molecule has 0 bridgehead atoms. The summed E-state index contributed by atoms with van der Waals surface area (Å²) in [6.45, 7) is 0.887.